The highest BCUT2D eigenvalue weighted by Crippen LogP contribution is 2.27. The summed E-state index contributed by atoms with van der Waals surface area (Å²) in [5.41, 5.74) is 5.58. The van der Waals surface area contributed by atoms with Gasteiger partial charge in [0.1, 0.15) is 5.69 Å². The molecule has 4 rings (SSSR count). The standard InChI is InChI=1S/C21H15NO2/c23-21(24)20-13-18-12-17(10-11-19(18)22-20)16-8-6-15(7-9-16)14-4-2-1-3-5-14/h1-13,22H,(H,23,24). The highest BCUT2D eigenvalue weighted by atomic mass is 16.4. The number of aromatic carboxylic acids is 1. The van der Waals surface area contributed by atoms with E-state index in [9.17, 15) is 4.79 Å². The van der Waals surface area contributed by atoms with E-state index in [0.717, 1.165) is 22.0 Å². The topological polar surface area (TPSA) is 53.1 Å². The Morgan fingerprint density at radius 2 is 1.29 bits per heavy atom. The minimum absolute atomic E-state index is 0.210. The molecule has 0 bridgehead atoms. The van der Waals surface area contributed by atoms with Crippen LogP contribution in [-0.4, -0.2) is 16.1 Å². The van der Waals surface area contributed by atoms with Crippen molar-refractivity contribution in [2.24, 2.45) is 0 Å². The molecule has 4 aromatic rings. The molecule has 0 saturated carbocycles. The van der Waals surface area contributed by atoms with Crippen molar-refractivity contribution in [1.29, 1.82) is 0 Å². The van der Waals surface area contributed by atoms with Crippen molar-refractivity contribution in [3.05, 3.63) is 84.6 Å². The largest absolute Gasteiger partial charge is 0.477 e. The summed E-state index contributed by atoms with van der Waals surface area (Å²) in [5, 5.41) is 9.98. The van der Waals surface area contributed by atoms with Crippen molar-refractivity contribution >= 4 is 16.9 Å². The van der Waals surface area contributed by atoms with Gasteiger partial charge in [0, 0.05) is 10.9 Å². The average Bonchev–Trinajstić information content (AvgIpc) is 3.06. The first-order valence-corrected chi connectivity index (χ1v) is 7.73. The summed E-state index contributed by atoms with van der Waals surface area (Å²) in [6.45, 7) is 0. The van der Waals surface area contributed by atoms with Gasteiger partial charge in [-0.05, 0) is 40.5 Å². The fourth-order valence-electron chi connectivity index (χ4n) is 2.91. The number of carboxylic acids is 1. The second kappa shape index (κ2) is 5.70. The fraction of sp³-hybridized carbons (Fsp3) is 0. The highest BCUT2D eigenvalue weighted by molar-refractivity contribution is 5.95. The Labute approximate surface area is 139 Å². The van der Waals surface area contributed by atoms with Gasteiger partial charge in [-0.3, -0.25) is 0 Å². The van der Waals surface area contributed by atoms with E-state index in [-0.39, 0.29) is 5.69 Å². The van der Waals surface area contributed by atoms with E-state index >= 15 is 0 Å². The Morgan fingerprint density at radius 3 is 1.96 bits per heavy atom. The lowest BCUT2D eigenvalue weighted by Crippen LogP contribution is -1.94. The van der Waals surface area contributed by atoms with Crippen molar-refractivity contribution in [3.8, 4) is 22.3 Å². The predicted octanol–water partition coefficient (Wildman–Crippen LogP) is 5.20. The minimum atomic E-state index is -0.944. The number of carbonyl (C=O) groups is 1. The molecule has 3 aromatic carbocycles. The minimum Gasteiger partial charge on any atom is -0.477 e. The first kappa shape index (κ1) is 14.3. The summed E-state index contributed by atoms with van der Waals surface area (Å²) in [6.07, 6.45) is 0. The molecule has 1 aromatic heterocycles. The number of hydrogen-bond donors (Lipinski definition) is 2. The van der Waals surface area contributed by atoms with Crippen molar-refractivity contribution in [3.63, 3.8) is 0 Å². The molecule has 0 aliphatic rings. The maximum absolute atomic E-state index is 11.1. The number of carboxylic acid groups (broad SMARTS) is 1. The van der Waals surface area contributed by atoms with Gasteiger partial charge in [0.05, 0.1) is 0 Å². The monoisotopic (exact) mass is 313 g/mol. The van der Waals surface area contributed by atoms with Crippen LogP contribution in [0.4, 0.5) is 0 Å². The number of hydrogen-bond acceptors (Lipinski definition) is 1. The van der Waals surface area contributed by atoms with Gasteiger partial charge < -0.3 is 10.1 Å². The molecule has 3 heteroatoms. The summed E-state index contributed by atoms with van der Waals surface area (Å²) in [6, 6.07) is 26.2. The molecular weight excluding hydrogens is 298 g/mol. The number of rotatable bonds is 3. The lowest BCUT2D eigenvalue weighted by Gasteiger charge is -2.05. The first-order valence-electron chi connectivity index (χ1n) is 7.73. The number of benzene rings is 3. The van der Waals surface area contributed by atoms with E-state index in [1.165, 1.54) is 11.1 Å². The van der Waals surface area contributed by atoms with Crippen LogP contribution in [0.3, 0.4) is 0 Å². The van der Waals surface area contributed by atoms with E-state index < -0.39 is 5.97 Å². The third-order valence-corrected chi connectivity index (χ3v) is 4.18. The van der Waals surface area contributed by atoms with E-state index in [2.05, 4.69) is 41.4 Å². The third-order valence-electron chi connectivity index (χ3n) is 4.18. The Bertz CT molecular complexity index is 1010. The first-order chi connectivity index (χ1) is 11.7. The van der Waals surface area contributed by atoms with E-state index in [4.69, 9.17) is 5.11 Å². The smallest absolute Gasteiger partial charge is 0.352 e. The zero-order valence-electron chi connectivity index (χ0n) is 12.9. The molecule has 1 heterocycles. The van der Waals surface area contributed by atoms with Crippen LogP contribution in [0.2, 0.25) is 0 Å². The van der Waals surface area contributed by atoms with Gasteiger partial charge in [0.15, 0.2) is 0 Å². The third kappa shape index (κ3) is 2.57. The van der Waals surface area contributed by atoms with Crippen LogP contribution < -0.4 is 0 Å². The average molecular weight is 313 g/mol. The van der Waals surface area contributed by atoms with Crippen molar-refractivity contribution in [2.75, 3.05) is 0 Å². The van der Waals surface area contributed by atoms with Crippen LogP contribution in [0.25, 0.3) is 33.2 Å². The maximum Gasteiger partial charge on any atom is 0.352 e. The molecule has 3 nitrogen and oxygen atoms in total. The second-order valence-electron chi connectivity index (χ2n) is 5.73. The number of aromatic amines is 1. The normalized spacial score (nSPS) is 10.8. The number of aromatic nitrogens is 1. The SMILES string of the molecule is O=C(O)c1cc2cc(-c3ccc(-c4ccccc4)cc3)ccc2[nH]1. The number of H-pyrrole nitrogens is 1. The lowest BCUT2D eigenvalue weighted by atomic mass is 10.00. The van der Waals surface area contributed by atoms with Crippen LogP contribution >= 0.6 is 0 Å². The van der Waals surface area contributed by atoms with Crippen LogP contribution in [0.15, 0.2) is 78.9 Å². The molecule has 0 fully saturated rings. The molecule has 0 unspecified atom stereocenters. The zero-order valence-corrected chi connectivity index (χ0v) is 12.9. The Hall–Kier alpha value is -3.33. The quantitative estimate of drug-likeness (QED) is 0.546. The zero-order chi connectivity index (χ0) is 16.5. The summed E-state index contributed by atoms with van der Waals surface area (Å²) >= 11 is 0. The Kier molecular flexibility index (Phi) is 3.39. The van der Waals surface area contributed by atoms with E-state index in [0.29, 0.717) is 0 Å². The van der Waals surface area contributed by atoms with E-state index in [1.54, 1.807) is 6.07 Å². The summed E-state index contributed by atoms with van der Waals surface area (Å²) in [5.74, 6) is -0.944. The highest BCUT2D eigenvalue weighted by Gasteiger charge is 2.08. The summed E-state index contributed by atoms with van der Waals surface area (Å²) in [4.78, 5) is 14.0. The van der Waals surface area contributed by atoms with E-state index in [1.807, 2.05) is 36.4 Å². The molecule has 0 atom stereocenters. The molecule has 0 aliphatic carbocycles. The maximum atomic E-state index is 11.1. The Balaban J connectivity index is 1.70. The molecule has 0 radical (unpaired) electrons. The molecular formula is C21H15NO2. The van der Waals surface area contributed by atoms with Crippen molar-refractivity contribution in [2.45, 2.75) is 0 Å². The van der Waals surface area contributed by atoms with Gasteiger partial charge in [-0.1, -0.05) is 60.7 Å². The second-order valence-corrected chi connectivity index (χ2v) is 5.73. The lowest BCUT2D eigenvalue weighted by molar-refractivity contribution is 0.0691. The number of nitrogens with one attached hydrogen (secondary N) is 1. The van der Waals surface area contributed by atoms with Crippen molar-refractivity contribution < 1.29 is 9.90 Å². The van der Waals surface area contributed by atoms with Crippen LogP contribution in [-0.2, 0) is 0 Å². The van der Waals surface area contributed by atoms with Gasteiger partial charge in [0.25, 0.3) is 0 Å². The van der Waals surface area contributed by atoms with Gasteiger partial charge >= 0.3 is 5.97 Å². The molecule has 2 N–H and O–H groups in total. The van der Waals surface area contributed by atoms with Crippen LogP contribution in [0.5, 0.6) is 0 Å². The fourth-order valence-corrected chi connectivity index (χ4v) is 2.91. The molecule has 24 heavy (non-hydrogen) atoms. The number of fused-ring (bicyclic) bond motifs is 1. The van der Waals surface area contributed by atoms with Gasteiger partial charge in [0.2, 0.25) is 0 Å². The summed E-state index contributed by atoms with van der Waals surface area (Å²) < 4.78 is 0. The van der Waals surface area contributed by atoms with Gasteiger partial charge in [-0.2, -0.15) is 0 Å². The van der Waals surface area contributed by atoms with Crippen LogP contribution in [0.1, 0.15) is 10.5 Å². The molecule has 116 valence electrons. The van der Waals surface area contributed by atoms with Gasteiger partial charge in [-0.15, -0.1) is 0 Å². The van der Waals surface area contributed by atoms with Crippen molar-refractivity contribution in [1.82, 2.24) is 4.98 Å². The predicted molar refractivity (Wildman–Crippen MR) is 96.1 cm³/mol. The molecule has 0 aliphatic heterocycles. The van der Waals surface area contributed by atoms with Crippen LogP contribution in [0, 0.1) is 0 Å². The Morgan fingerprint density at radius 1 is 0.708 bits per heavy atom. The van der Waals surface area contributed by atoms with Gasteiger partial charge in [-0.25, -0.2) is 4.79 Å². The molecule has 0 saturated heterocycles. The summed E-state index contributed by atoms with van der Waals surface area (Å²) in [7, 11) is 0. The molecule has 0 spiro atoms. The molecule has 0 amide bonds.